The average molecular weight is 186 g/mol. The normalized spacial score (nSPS) is 32.7. The molecule has 1 heterocycles. The zero-order valence-corrected chi connectivity index (χ0v) is 8.96. The maximum absolute atomic E-state index is 5.59. The molecule has 1 fully saturated rings. The third kappa shape index (κ3) is 2.79. The molecule has 3 heteroatoms. The quantitative estimate of drug-likeness (QED) is 0.465. The van der Waals surface area contributed by atoms with E-state index in [2.05, 4.69) is 6.08 Å². The SMILES string of the molecule is CC(C)=C[C@@H]1O[C@H](C)OOC1(C)C. The Labute approximate surface area is 79.6 Å². The van der Waals surface area contributed by atoms with Crippen LogP contribution in [0, 0.1) is 0 Å². The predicted molar refractivity (Wildman–Crippen MR) is 50.0 cm³/mol. The molecule has 1 saturated heterocycles. The molecule has 1 aliphatic rings. The summed E-state index contributed by atoms with van der Waals surface area (Å²) in [5, 5.41) is 0. The van der Waals surface area contributed by atoms with Crippen molar-refractivity contribution in [3.63, 3.8) is 0 Å². The minimum absolute atomic E-state index is 0.0405. The zero-order valence-electron chi connectivity index (χ0n) is 8.96. The first-order valence-corrected chi connectivity index (χ1v) is 4.57. The van der Waals surface area contributed by atoms with Gasteiger partial charge in [-0.2, -0.15) is 0 Å². The van der Waals surface area contributed by atoms with Crippen LogP contribution in [0.4, 0.5) is 0 Å². The minimum atomic E-state index is -0.413. The molecular formula is C10H18O3. The lowest BCUT2D eigenvalue weighted by molar-refractivity contribution is -0.472. The van der Waals surface area contributed by atoms with Crippen LogP contribution in [0.5, 0.6) is 0 Å². The number of ether oxygens (including phenoxy) is 1. The van der Waals surface area contributed by atoms with Gasteiger partial charge in [0.05, 0.1) is 0 Å². The number of allylic oxidation sites excluding steroid dienone is 1. The highest BCUT2D eigenvalue weighted by molar-refractivity contribution is 5.04. The molecule has 0 bridgehead atoms. The van der Waals surface area contributed by atoms with E-state index >= 15 is 0 Å². The first-order chi connectivity index (χ1) is 5.92. The molecule has 0 N–H and O–H groups in total. The van der Waals surface area contributed by atoms with Gasteiger partial charge >= 0.3 is 0 Å². The van der Waals surface area contributed by atoms with Gasteiger partial charge in [-0.05, 0) is 34.6 Å². The van der Waals surface area contributed by atoms with Crippen molar-refractivity contribution in [1.82, 2.24) is 0 Å². The summed E-state index contributed by atoms with van der Waals surface area (Å²) in [4.78, 5) is 10.2. The Hall–Kier alpha value is -0.380. The molecule has 0 saturated carbocycles. The van der Waals surface area contributed by atoms with Crippen molar-refractivity contribution < 1.29 is 14.5 Å². The van der Waals surface area contributed by atoms with Gasteiger partial charge in [-0.1, -0.05) is 11.6 Å². The Morgan fingerprint density at radius 3 is 2.46 bits per heavy atom. The molecule has 0 aromatic carbocycles. The van der Waals surface area contributed by atoms with Gasteiger partial charge in [-0.3, -0.25) is 0 Å². The molecule has 1 rings (SSSR count). The molecular weight excluding hydrogens is 168 g/mol. The van der Waals surface area contributed by atoms with Gasteiger partial charge in [0, 0.05) is 0 Å². The Kier molecular flexibility index (Phi) is 3.11. The molecule has 0 unspecified atom stereocenters. The monoisotopic (exact) mass is 186 g/mol. The van der Waals surface area contributed by atoms with Gasteiger partial charge in [-0.25, -0.2) is 9.78 Å². The molecule has 0 aliphatic carbocycles. The van der Waals surface area contributed by atoms with Crippen molar-refractivity contribution >= 4 is 0 Å². The van der Waals surface area contributed by atoms with Crippen LogP contribution < -0.4 is 0 Å². The molecule has 2 atom stereocenters. The van der Waals surface area contributed by atoms with Crippen LogP contribution in [0.3, 0.4) is 0 Å². The Bertz CT molecular complexity index is 204. The van der Waals surface area contributed by atoms with Crippen molar-refractivity contribution in [2.45, 2.75) is 52.6 Å². The molecule has 13 heavy (non-hydrogen) atoms. The van der Waals surface area contributed by atoms with E-state index in [0.717, 1.165) is 0 Å². The van der Waals surface area contributed by atoms with Gasteiger partial charge < -0.3 is 4.74 Å². The first kappa shape index (κ1) is 10.7. The molecule has 0 spiro atoms. The maximum atomic E-state index is 5.59. The molecule has 1 aliphatic heterocycles. The molecule has 0 aromatic heterocycles. The van der Waals surface area contributed by atoms with Crippen LogP contribution in [-0.4, -0.2) is 18.0 Å². The molecule has 0 amide bonds. The van der Waals surface area contributed by atoms with Crippen molar-refractivity contribution in [1.29, 1.82) is 0 Å². The van der Waals surface area contributed by atoms with E-state index in [-0.39, 0.29) is 12.4 Å². The lowest BCUT2D eigenvalue weighted by Crippen LogP contribution is -2.47. The second kappa shape index (κ2) is 3.78. The van der Waals surface area contributed by atoms with Crippen LogP contribution in [-0.2, 0) is 14.5 Å². The van der Waals surface area contributed by atoms with Gasteiger partial charge in [0.25, 0.3) is 0 Å². The van der Waals surface area contributed by atoms with E-state index in [1.807, 2.05) is 34.6 Å². The predicted octanol–water partition coefficient (Wildman–Crippen LogP) is 2.42. The zero-order chi connectivity index (χ0) is 10.1. The lowest BCUT2D eigenvalue weighted by Gasteiger charge is -2.38. The third-order valence-electron chi connectivity index (χ3n) is 1.91. The summed E-state index contributed by atoms with van der Waals surface area (Å²) in [6.07, 6.45) is 1.72. The minimum Gasteiger partial charge on any atom is -0.339 e. The highest BCUT2D eigenvalue weighted by Gasteiger charge is 2.37. The van der Waals surface area contributed by atoms with E-state index in [0.29, 0.717) is 0 Å². The summed E-state index contributed by atoms with van der Waals surface area (Å²) < 4.78 is 5.59. The maximum Gasteiger partial charge on any atom is 0.189 e. The second-order valence-electron chi connectivity index (χ2n) is 4.15. The van der Waals surface area contributed by atoms with Crippen molar-refractivity contribution in [3.8, 4) is 0 Å². The summed E-state index contributed by atoms with van der Waals surface area (Å²) in [7, 11) is 0. The largest absolute Gasteiger partial charge is 0.339 e. The third-order valence-corrected chi connectivity index (χ3v) is 1.91. The standard InChI is InChI=1S/C10H18O3/c1-7(2)6-9-10(4,5)13-12-8(3)11-9/h6,8-9H,1-5H3/t8-,9-/m0/s1. The Balaban J connectivity index is 2.72. The summed E-state index contributed by atoms with van der Waals surface area (Å²) in [6, 6.07) is 0. The van der Waals surface area contributed by atoms with Crippen LogP contribution >= 0.6 is 0 Å². The fourth-order valence-corrected chi connectivity index (χ4v) is 1.17. The molecule has 76 valence electrons. The lowest BCUT2D eigenvalue weighted by atomic mass is 9.99. The van der Waals surface area contributed by atoms with Crippen LogP contribution in [0.25, 0.3) is 0 Å². The number of hydrogen-bond acceptors (Lipinski definition) is 3. The molecule has 3 nitrogen and oxygen atoms in total. The van der Waals surface area contributed by atoms with E-state index in [4.69, 9.17) is 14.5 Å². The van der Waals surface area contributed by atoms with Crippen molar-refractivity contribution in [2.75, 3.05) is 0 Å². The summed E-state index contributed by atoms with van der Waals surface area (Å²) in [5.74, 6) is 0. The highest BCUT2D eigenvalue weighted by Crippen LogP contribution is 2.27. The van der Waals surface area contributed by atoms with Crippen LogP contribution in [0.15, 0.2) is 11.6 Å². The Morgan fingerprint density at radius 1 is 1.31 bits per heavy atom. The Morgan fingerprint density at radius 2 is 1.92 bits per heavy atom. The first-order valence-electron chi connectivity index (χ1n) is 4.57. The summed E-state index contributed by atoms with van der Waals surface area (Å²) in [5.41, 5.74) is 0.805. The van der Waals surface area contributed by atoms with E-state index in [1.165, 1.54) is 5.57 Å². The smallest absolute Gasteiger partial charge is 0.189 e. The molecule has 0 radical (unpaired) electrons. The van der Waals surface area contributed by atoms with Crippen molar-refractivity contribution in [2.24, 2.45) is 0 Å². The van der Waals surface area contributed by atoms with Crippen molar-refractivity contribution in [3.05, 3.63) is 11.6 Å². The van der Waals surface area contributed by atoms with Gasteiger partial charge in [0.15, 0.2) is 6.29 Å². The number of rotatable bonds is 1. The molecule has 0 aromatic rings. The van der Waals surface area contributed by atoms with Gasteiger partial charge in [-0.15, -0.1) is 0 Å². The van der Waals surface area contributed by atoms with Crippen LogP contribution in [0.1, 0.15) is 34.6 Å². The number of hydrogen-bond donors (Lipinski definition) is 0. The average Bonchev–Trinajstić information content (AvgIpc) is 1.97. The van der Waals surface area contributed by atoms with E-state index in [9.17, 15) is 0 Å². The van der Waals surface area contributed by atoms with Crippen LogP contribution in [0.2, 0.25) is 0 Å². The van der Waals surface area contributed by atoms with Gasteiger partial charge in [0.1, 0.15) is 11.7 Å². The van der Waals surface area contributed by atoms with Gasteiger partial charge in [0.2, 0.25) is 0 Å². The van der Waals surface area contributed by atoms with E-state index < -0.39 is 5.60 Å². The highest BCUT2D eigenvalue weighted by atomic mass is 17.2. The van der Waals surface area contributed by atoms with E-state index in [1.54, 1.807) is 0 Å². The summed E-state index contributed by atoms with van der Waals surface area (Å²) >= 11 is 0. The topological polar surface area (TPSA) is 27.7 Å². The fourth-order valence-electron chi connectivity index (χ4n) is 1.17. The summed E-state index contributed by atoms with van der Waals surface area (Å²) in [6.45, 7) is 9.80. The second-order valence-corrected chi connectivity index (χ2v) is 4.15. The fraction of sp³-hybridized carbons (Fsp3) is 0.800.